The second-order valence-corrected chi connectivity index (χ2v) is 15.9. The second kappa shape index (κ2) is 11.9. The summed E-state index contributed by atoms with van der Waals surface area (Å²) in [4.78, 5) is 0. The maximum absolute atomic E-state index is 13.9. The van der Waals surface area contributed by atoms with E-state index in [0.717, 1.165) is 44.5 Å². The third-order valence-corrected chi connectivity index (χ3v) is 11.4. The van der Waals surface area contributed by atoms with Crippen molar-refractivity contribution in [1.82, 2.24) is 4.57 Å². The van der Waals surface area contributed by atoms with Crippen LogP contribution in [0.1, 0.15) is 45.4 Å². The highest BCUT2D eigenvalue weighted by Crippen LogP contribution is 2.43. The van der Waals surface area contributed by atoms with Crippen LogP contribution in [0.3, 0.4) is 0 Å². The number of fused-ring (bicyclic) bond motifs is 1. The summed E-state index contributed by atoms with van der Waals surface area (Å²) >= 11 is 2.47. The number of ether oxygens (including phenoxy) is 2. The van der Waals surface area contributed by atoms with Gasteiger partial charge in [0.2, 0.25) is 0 Å². The molecule has 1 heterocycles. The predicted molar refractivity (Wildman–Crippen MR) is 167 cm³/mol. The molecule has 1 radical (unpaired) electrons. The van der Waals surface area contributed by atoms with E-state index < -0.39 is 8.80 Å². The number of hydrogen-bond donors (Lipinski definition) is 0. The van der Waals surface area contributed by atoms with Gasteiger partial charge >= 0.3 is 0 Å². The van der Waals surface area contributed by atoms with Gasteiger partial charge in [0.25, 0.3) is 0 Å². The lowest BCUT2D eigenvalue weighted by Crippen LogP contribution is -2.28. The molecule has 0 aliphatic rings. The van der Waals surface area contributed by atoms with Crippen molar-refractivity contribution in [2.75, 3.05) is 13.2 Å². The summed E-state index contributed by atoms with van der Waals surface area (Å²) in [5.41, 5.74) is 4.11. The van der Waals surface area contributed by atoms with Crippen molar-refractivity contribution >= 4 is 42.3 Å². The van der Waals surface area contributed by atoms with Crippen molar-refractivity contribution < 1.29 is 13.9 Å². The highest BCUT2D eigenvalue weighted by molar-refractivity contribution is 14.1. The predicted octanol–water partition coefficient (Wildman–Crippen LogP) is 9.17. The van der Waals surface area contributed by atoms with Crippen LogP contribution in [0.2, 0.25) is 18.1 Å². The summed E-state index contributed by atoms with van der Waals surface area (Å²) in [6.07, 6.45) is 0.867. The summed E-state index contributed by atoms with van der Waals surface area (Å²) in [5, 5.41) is 1.32. The van der Waals surface area contributed by atoms with E-state index in [1.807, 2.05) is 42.5 Å². The minimum Gasteiger partial charge on any atom is -0.488 e. The molecule has 3 nitrogen and oxygen atoms in total. The second-order valence-electron chi connectivity index (χ2n) is 11.5. The molecule has 6 heteroatoms. The van der Waals surface area contributed by atoms with E-state index in [2.05, 4.69) is 86.1 Å². The van der Waals surface area contributed by atoms with Gasteiger partial charge in [-0.2, -0.15) is 0 Å². The molecule has 201 valence electrons. The van der Waals surface area contributed by atoms with E-state index in [1.165, 1.54) is 17.8 Å². The Morgan fingerprint density at radius 1 is 0.895 bits per heavy atom. The fourth-order valence-electron chi connectivity index (χ4n) is 4.49. The first-order valence-corrected chi connectivity index (χ1v) is 16.7. The lowest BCUT2D eigenvalue weighted by atomic mass is 9.85. The van der Waals surface area contributed by atoms with Crippen molar-refractivity contribution in [3.05, 3.63) is 93.4 Å². The first-order valence-electron chi connectivity index (χ1n) is 13.2. The first kappa shape index (κ1) is 28.8. The SMILES string of the molecule is C[Si](C)C(C)(C)COCCC(C)(C)c1c(I)c2c(OCc3ccccc3)cccc2n1-c1ccc(F)cc1. The van der Waals surface area contributed by atoms with E-state index in [4.69, 9.17) is 9.47 Å². The molecule has 4 aromatic rings. The zero-order valence-electron chi connectivity index (χ0n) is 23.3. The molecule has 0 amide bonds. The Labute approximate surface area is 242 Å². The Hall–Kier alpha value is -2.16. The van der Waals surface area contributed by atoms with Crippen molar-refractivity contribution in [1.29, 1.82) is 0 Å². The van der Waals surface area contributed by atoms with E-state index in [0.29, 0.717) is 13.2 Å². The third kappa shape index (κ3) is 6.34. The smallest absolute Gasteiger partial charge is 0.130 e. The lowest BCUT2D eigenvalue weighted by molar-refractivity contribution is 0.0989. The van der Waals surface area contributed by atoms with Gasteiger partial charge in [-0.15, -0.1) is 0 Å². The number of nitrogens with zero attached hydrogens (tertiary/aromatic N) is 1. The summed E-state index contributed by atoms with van der Waals surface area (Å²) < 4.78 is 29.9. The van der Waals surface area contributed by atoms with Gasteiger partial charge < -0.3 is 14.0 Å². The average Bonchev–Trinajstić information content (AvgIpc) is 3.20. The van der Waals surface area contributed by atoms with Crippen molar-refractivity contribution in [2.45, 2.75) is 64.3 Å². The normalized spacial score (nSPS) is 12.4. The molecular weight excluding hydrogens is 604 g/mol. The van der Waals surface area contributed by atoms with Crippen LogP contribution in [-0.4, -0.2) is 26.6 Å². The van der Waals surface area contributed by atoms with Crippen LogP contribution in [-0.2, 0) is 16.8 Å². The Bertz CT molecular complexity index is 1360. The van der Waals surface area contributed by atoms with E-state index in [-0.39, 0.29) is 16.3 Å². The van der Waals surface area contributed by atoms with Gasteiger partial charge in [-0.25, -0.2) is 4.39 Å². The largest absolute Gasteiger partial charge is 0.488 e. The maximum atomic E-state index is 13.9. The number of hydrogen-bond acceptors (Lipinski definition) is 2. The zero-order chi connectivity index (χ0) is 27.5. The monoisotopic (exact) mass is 642 g/mol. The number of halogens is 2. The molecule has 0 saturated carbocycles. The van der Waals surface area contributed by atoms with Gasteiger partial charge in [-0.05, 0) is 76.0 Å². The summed E-state index contributed by atoms with van der Waals surface area (Å²) in [6, 6.07) is 23.2. The van der Waals surface area contributed by atoms with Crippen LogP contribution in [0.4, 0.5) is 4.39 Å². The maximum Gasteiger partial charge on any atom is 0.130 e. The fourth-order valence-corrected chi connectivity index (χ4v) is 6.40. The highest BCUT2D eigenvalue weighted by atomic mass is 127. The van der Waals surface area contributed by atoms with Crippen molar-refractivity contribution in [3.8, 4) is 11.4 Å². The lowest BCUT2D eigenvalue weighted by Gasteiger charge is -2.30. The van der Waals surface area contributed by atoms with Gasteiger partial charge in [-0.3, -0.25) is 0 Å². The Morgan fingerprint density at radius 2 is 1.58 bits per heavy atom. The summed E-state index contributed by atoms with van der Waals surface area (Å²) in [5.74, 6) is 0.614. The van der Waals surface area contributed by atoms with Crippen molar-refractivity contribution in [3.63, 3.8) is 0 Å². The number of rotatable bonds is 11. The molecule has 0 saturated heterocycles. The molecule has 0 aliphatic heterocycles. The topological polar surface area (TPSA) is 23.4 Å². The molecule has 38 heavy (non-hydrogen) atoms. The molecular formula is C32H38FINO2Si. The molecule has 0 bridgehead atoms. The Kier molecular flexibility index (Phi) is 9.05. The zero-order valence-corrected chi connectivity index (χ0v) is 26.4. The van der Waals surface area contributed by atoms with Gasteiger partial charge in [0.05, 0.1) is 19.7 Å². The molecule has 0 atom stereocenters. The van der Waals surface area contributed by atoms with Crippen LogP contribution in [0.5, 0.6) is 5.75 Å². The minimum absolute atomic E-state index is 0.197. The molecule has 0 fully saturated rings. The highest BCUT2D eigenvalue weighted by Gasteiger charge is 2.32. The van der Waals surface area contributed by atoms with E-state index in [9.17, 15) is 4.39 Å². The number of aromatic nitrogens is 1. The van der Waals surface area contributed by atoms with E-state index in [1.54, 1.807) is 0 Å². The molecule has 0 aliphatic carbocycles. The number of benzene rings is 3. The van der Waals surface area contributed by atoms with Crippen LogP contribution >= 0.6 is 22.6 Å². The first-order chi connectivity index (χ1) is 18.0. The van der Waals surface area contributed by atoms with Crippen LogP contribution in [0.15, 0.2) is 72.8 Å². The van der Waals surface area contributed by atoms with Crippen molar-refractivity contribution in [2.24, 2.45) is 0 Å². The van der Waals surface area contributed by atoms with Gasteiger partial charge in [0, 0.05) is 33.6 Å². The summed E-state index contributed by atoms with van der Waals surface area (Å²) in [7, 11) is -0.452. The Balaban J connectivity index is 1.73. The molecule has 0 N–H and O–H groups in total. The minimum atomic E-state index is -0.452. The molecule has 1 aromatic heterocycles. The molecule has 0 unspecified atom stereocenters. The van der Waals surface area contributed by atoms with Gasteiger partial charge in [0.15, 0.2) is 0 Å². The molecule has 4 rings (SSSR count). The fraction of sp³-hybridized carbons (Fsp3) is 0.375. The van der Waals surface area contributed by atoms with Crippen LogP contribution < -0.4 is 4.74 Å². The standard InChI is InChI=1S/C32H38FINO2Si/c1-31(2,19-20-36-22-32(3,4)38(5)6)30-29(34)28-26(35(30)25-17-15-24(33)16-18-25)13-10-14-27(28)37-21-23-11-8-7-9-12-23/h7-18H,19-22H2,1-6H3. The summed E-state index contributed by atoms with van der Waals surface area (Å²) in [6.45, 7) is 15.8. The Morgan fingerprint density at radius 3 is 2.24 bits per heavy atom. The quantitative estimate of drug-likeness (QED) is 0.0926. The third-order valence-electron chi connectivity index (χ3n) is 7.55. The average molecular weight is 643 g/mol. The molecule has 3 aromatic carbocycles. The van der Waals surface area contributed by atoms with Crippen LogP contribution in [0, 0.1) is 9.39 Å². The van der Waals surface area contributed by atoms with E-state index >= 15 is 0 Å². The van der Waals surface area contributed by atoms with Crippen LogP contribution in [0.25, 0.3) is 16.6 Å². The van der Waals surface area contributed by atoms with Gasteiger partial charge in [0.1, 0.15) is 18.2 Å². The van der Waals surface area contributed by atoms with Gasteiger partial charge in [-0.1, -0.05) is 77.2 Å². The molecule has 0 spiro atoms.